The summed E-state index contributed by atoms with van der Waals surface area (Å²) in [6, 6.07) is 0. The van der Waals surface area contributed by atoms with Crippen LogP contribution in [0.3, 0.4) is 0 Å². The van der Waals surface area contributed by atoms with Crippen LogP contribution in [0.2, 0.25) is 0 Å². The van der Waals surface area contributed by atoms with E-state index in [2.05, 4.69) is 10.3 Å². The largest absolute Gasteiger partial charge is 0.481 e. The molecule has 1 amide bonds. The second kappa shape index (κ2) is 5.20. The van der Waals surface area contributed by atoms with Crippen molar-refractivity contribution >= 4 is 11.9 Å². The molecule has 0 bridgehead atoms. The Morgan fingerprint density at radius 1 is 1.50 bits per heavy atom. The average Bonchev–Trinajstić information content (AvgIpc) is 2.94. The number of hydrogen-bond acceptors (Lipinski definition) is 3. The number of nitrogens with one attached hydrogen (secondary N) is 1. The highest BCUT2D eigenvalue weighted by molar-refractivity contribution is 5.85. The van der Waals surface area contributed by atoms with Gasteiger partial charge in [0, 0.05) is 19.4 Å². The first-order valence-corrected chi connectivity index (χ1v) is 6.06. The first-order valence-electron chi connectivity index (χ1n) is 6.06. The Morgan fingerprint density at radius 3 is 2.83 bits per heavy atom. The summed E-state index contributed by atoms with van der Waals surface area (Å²) in [6.45, 7) is 0.338. The molecular formula is C12H17N3O3. The van der Waals surface area contributed by atoms with Gasteiger partial charge in [0.1, 0.15) is 5.82 Å². The zero-order chi connectivity index (χ0) is 13.1. The molecule has 1 aromatic heterocycles. The Morgan fingerprint density at radius 2 is 2.22 bits per heavy atom. The first-order chi connectivity index (χ1) is 8.59. The number of aromatic nitrogens is 2. The van der Waals surface area contributed by atoms with E-state index in [0.717, 1.165) is 12.2 Å². The lowest BCUT2D eigenvalue weighted by Gasteiger charge is -2.15. The summed E-state index contributed by atoms with van der Waals surface area (Å²) in [5.74, 6) is -1.23. The number of carbonyl (C=O) groups excluding carboxylic acids is 1. The second-order valence-corrected chi connectivity index (χ2v) is 4.65. The molecule has 6 heteroatoms. The number of carbonyl (C=O) groups is 2. The molecule has 1 aliphatic rings. The van der Waals surface area contributed by atoms with Gasteiger partial charge < -0.3 is 15.0 Å². The topological polar surface area (TPSA) is 84.2 Å². The minimum Gasteiger partial charge on any atom is -0.481 e. The summed E-state index contributed by atoms with van der Waals surface area (Å²) in [4.78, 5) is 27.1. The Hall–Kier alpha value is -1.85. The van der Waals surface area contributed by atoms with E-state index in [1.165, 1.54) is 0 Å². The molecule has 1 saturated carbocycles. The van der Waals surface area contributed by atoms with Crippen LogP contribution in [0.4, 0.5) is 0 Å². The fourth-order valence-corrected chi connectivity index (χ4v) is 2.43. The Kier molecular flexibility index (Phi) is 3.64. The highest BCUT2D eigenvalue weighted by Gasteiger charge is 2.37. The molecule has 1 fully saturated rings. The Balaban J connectivity index is 1.92. The maximum absolute atomic E-state index is 12.0. The summed E-state index contributed by atoms with van der Waals surface area (Å²) in [6.07, 6.45) is 5.52. The molecule has 0 unspecified atom stereocenters. The Labute approximate surface area is 105 Å². The lowest BCUT2D eigenvalue weighted by atomic mass is 9.95. The van der Waals surface area contributed by atoms with E-state index in [4.69, 9.17) is 5.11 Å². The molecule has 0 aromatic carbocycles. The van der Waals surface area contributed by atoms with Gasteiger partial charge in [-0.05, 0) is 12.8 Å². The van der Waals surface area contributed by atoms with Crippen molar-refractivity contribution < 1.29 is 14.7 Å². The van der Waals surface area contributed by atoms with E-state index >= 15 is 0 Å². The third-order valence-corrected chi connectivity index (χ3v) is 3.51. The lowest BCUT2D eigenvalue weighted by molar-refractivity contribution is -0.146. The van der Waals surface area contributed by atoms with Crippen molar-refractivity contribution in [2.45, 2.75) is 25.8 Å². The van der Waals surface area contributed by atoms with Gasteiger partial charge in [-0.1, -0.05) is 6.42 Å². The van der Waals surface area contributed by atoms with Crippen LogP contribution in [0.15, 0.2) is 12.4 Å². The molecule has 0 saturated heterocycles. The van der Waals surface area contributed by atoms with Crippen LogP contribution < -0.4 is 5.32 Å². The van der Waals surface area contributed by atoms with Crippen LogP contribution in [0.5, 0.6) is 0 Å². The van der Waals surface area contributed by atoms with Crippen LogP contribution >= 0.6 is 0 Å². The Bertz CT molecular complexity index is 455. The molecule has 2 atom stereocenters. The highest BCUT2D eigenvalue weighted by Crippen LogP contribution is 2.32. The van der Waals surface area contributed by atoms with Gasteiger partial charge in [-0.2, -0.15) is 0 Å². The average molecular weight is 251 g/mol. The van der Waals surface area contributed by atoms with E-state index in [0.29, 0.717) is 19.4 Å². The third-order valence-electron chi connectivity index (χ3n) is 3.51. The predicted octanol–water partition coefficient (Wildman–Crippen LogP) is 0.537. The lowest BCUT2D eigenvalue weighted by Crippen LogP contribution is -2.35. The van der Waals surface area contributed by atoms with E-state index in [1.807, 2.05) is 11.6 Å². The van der Waals surface area contributed by atoms with Gasteiger partial charge >= 0.3 is 5.97 Å². The molecule has 6 nitrogen and oxygen atoms in total. The smallest absolute Gasteiger partial charge is 0.307 e. The van der Waals surface area contributed by atoms with Gasteiger partial charge in [0.15, 0.2) is 0 Å². The van der Waals surface area contributed by atoms with Gasteiger partial charge in [-0.3, -0.25) is 9.59 Å². The molecule has 1 heterocycles. The quantitative estimate of drug-likeness (QED) is 0.818. The maximum atomic E-state index is 12.0. The van der Waals surface area contributed by atoms with E-state index in [-0.39, 0.29) is 5.91 Å². The molecule has 0 aliphatic heterocycles. The van der Waals surface area contributed by atoms with Crippen LogP contribution in [0.25, 0.3) is 0 Å². The van der Waals surface area contributed by atoms with E-state index < -0.39 is 17.8 Å². The van der Waals surface area contributed by atoms with Crippen molar-refractivity contribution in [3.05, 3.63) is 18.2 Å². The number of carboxylic acids is 1. The van der Waals surface area contributed by atoms with Gasteiger partial charge in [0.05, 0.1) is 18.4 Å². The second-order valence-electron chi connectivity index (χ2n) is 4.65. The van der Waals surface area contributed by atoms with Crippen LogP contribution in [0, 0.1) is 11.8 Å². The number of amides is 1. The van der Waals surface area contributed by atoms with Crippen molar-refractivity contribution in [1.82, 2.24) is 14.9 Å². The van der Waals surface area contributed by atoms with Gasteiger partial charge in [-0.15, -0.1) is 0 Å². The maximum Gasteiger partial charge on any atom is 0.307 e. The molecule has 0 spiro atoms. The van der Waals surface area contributed by atoms with Crippen LogP contribution in [0.1, 0.15) is 25.1 Å². The van der Waals surface area contributed by atoms with Gasteiger partial charge in [0.25, 0.3) is 0 Å². The minimum atomic E-state index is -0.871. The van der Waals surface area contributed by atoms with Crippen molar-refractivity contribution in [2.24, 2.45) is 18.9 Å². The fourth-order valence-electron chi connectivity index (χ4n) is 2.43. The van der Waals surface area contributed by atoms with Gasteiger partial charge in [0.2, 0.25) is 5.91 Å². The fraction of sp³-hybridized carbons (Fsp3) is 0.583. The molecule has 0 radical (unpaired) electrons. The van der Waals surface area contributed by atoms with Crippen LogP contribution in [-0.2, 0) is 23.2 Å². The molecule has 2 N–H and O–H groups in total. The molecule has 18 heavy (non-hydrogen) atoms. The summed E-state index contributed by atoms with van der Waals surface area (Å²) >= 11 is 0. The SMILES string of the molecule is Cn1ccnc1CNC(=O)[C@@H]1CCC[C@@H]1C(=O)O. The number of carboxylic acid groups (broad SMARTS) is 1. The van der Waals surface area contributed by atoms with E-state index in [1.54, 1.807) is 12.4 Å². The predicted molar refractivity (Wildman–Crippen MR) is 63.5 cm³/mol. The summed E-state index contributed by atoms with van der Waals surface area (Å²) in [7, 11) is 1.85. The molecule has 1 aromatic rings. The normalized spacial score (nSPS) is 22.9. The first kappa shape index (κ1) is 12.6. The molecule has 98 valence electrons. The zero-order valence-electron chi connectivity index (χ0n) is 10.3. The van der Waals surface area contributed by atoms with E-state index in [9.17, 15) is 9.59 Å². The summed E-state index contributed by atoms with van der Waals surface area (Å²) in [5, 5.41) is 11.8. The number of rotatable bonds is 4. The number of aliphatic carboxylic acids is 1. The standard InChI is InChI=1S/C12H17N3O3/c1-15-6-5-13-10(15)7-14-11(16)8-3-2-4-9(8)12(17)18/h5-6,8-9H,2-4,7H2,1H3,(H,14,16)(H,17,18)/t8-,9+/m1/s1. The van der Waals surface area contributed by atoms with Crippen LogP contribution in [-0.4, -0.2) is 26.5 Å². The molecule has 2 rings (SSSR count). The zero-order valence-corrected chi connectivity index (χ0v) is 10.3. The van der Waals surface area contributed by atoms with Crippen molar-refractivity contribution in [3.63, 3.8) is 0 Å². The highest BCUT2D eigenvalue weighted by atomic mass is 16.4. The van der Waals surface area contributed by atoms with Crippen molar-refractivity contribution in [2.75, 3.05) is 0 Å². The monoisotopic (exact) mass is 251 g/mol. The molecule has 1 aliphatic carbocycles. The summed E-state index contributed by atoms with van der Waals surface area (Å²) in [5.41, 5.74) is 0. The number of nitrogens with zero attached hydrogens (tertiary/aromatic N) is 2. The number of aryl methyl sites for hydroxylation is 1. The van der Waals surface area contributed by atoms with Crippen molar-refractivity contribution in [3.8, 4) is 0 Å². The van der Waals surface area contributed by atoms with Gasteiger partial charge in [-0.25, -0.2) is 4.98 Å². The molecular weight excluding hydrogens is 234 g/mol. The van der Waals surface area contributed by atoms with Crippen molar-refractivity contribution in [1.29, 1.82) is 0 Å². The third kappa shape index (κ3) is 2.52. The summed E-state index contributed by atoms with van der Waals surface area (Å²) < 4.78 is 1.82. The number of hydrogen-bond donors (Lipinski definition) is 2. The minimum absolute atomic E-state index is 0.178. The number of imidazole rings is 1.